The minimum Gasteiger partial charge on any atom is -0.303 e. The van der Waals surface area contributed by atoms with Gasteiger partial charge in [-0.1, -0.05) is 24.9 Å². The van der Waals surface area contributed by atoms with Crippen LogP contribution in [0.15, 0.2) is 11.8 Å². The van der Waals surface area contributed by atoms with Gasteiger partial charge in [0.25, 0.3) is 0 Å². The predicted octanol–water partition coefficient (Wildman–Crippen LogP) is 2.40. The second kappa shape index (κ2) is 4.44. The van der Waals surface area contributed by atoms with E-state index < -0.39 is 8.07 Å². The molecule has 0 unspecified atom stereocenters. The molecule has 0 N–H and O–H groups in total. The maximum absolute atomic E-state index is 10.1. The number of carbonyl (C=O) groups excluding carboxylic acids is 1. The number of rotatable bonds is 4. The zero-order valence-electron chi connectivity index (χ0n) is 7.05. The van der Waals surface area contributed by atoms with Gasteiger partial charge in [0.2, 0.25) is 0 Å². The second-order valence-corrected chi connectivity index (χ2v) is 8.00. The summed E-state index contributed by atoms with van der Waals surface area (Å²) in [6.07, 6.45) is 3.83. The average molecular weight is 156 g/mol. The van der Waals surface area contributed by atoms with Crippen molar-refractivity contribution >= 4 is 14.4 Å². The fraction of sp³-hybridized carbons (Fsp3) is 0.625. The first-order valence-corrected chi connectivity index (χ1v) is 6.98. The highest BCUT2D eigenvalue weighted by Gasteiger charge is 2.14. The van der Waals surface area contributed by atoms with Crippen molar-refractivity contribution in [1.29, 1.82) is 0 Å². The summed E-state index contributed by atoms with van der Waals surface area (Å²) in [6, 6.07) is 1.08. The first-order chi connectivity index (χ1) is 4.62. The van der Waals surface area contributed by atoms with Crippen LogP contribution in [-0.4, -0.2) is 14.4 Å². The van der Waals surface area contributed by atoms with Gasteiger partial charge in [0.15, 0.2) is 0 Å². The van der Waals surface area contributed by atoms with Crippen LogP contribution < -0.4 is 0 Å². The van der Waals surface area contributed by atoms with Crippen LogP contribution in [0.2, 0.25) is 19.1 Å². The zero-order chi connectivity index (χ0) is 8.04. The topological polar surface area (TPSA) is 17.1 Å². The maximum atomic E-state index is 10.1. The molecule has 0 aliphatic rings. The number of allylic oxidation sites excluding steroid dienone is 1. The van der Waals surface area contributed by atoms with Crippen molar-refractivity contribution < 1.29 is 4.79 Å². The van der Waals surface area contributed by atoms with Crippen molar-refractivity contribution in [3.05, 3.63) is 11.8 Å². The summed E-state index contributed by atoms with van der Waals surface area (Å²) >= 11 is 0. The monoisotopic (exact) mass is 156 g/mol. The van der Waals surface area contributed by atoms with E-state index in [0.29, 0.717) is 0 Å². The smallest absolute Gasteiger partial charge is 0.119 e. The van der Waals surface area contributed by atoms with Crippen LogP contribution >= 0.6 is 0 Å². The Balaban J connectivity index is 3.73. The molecule has 58 valence electrons. The van der Waals surface area contributed by atoms with Crippen molar-refractivity contribution in [2.24, 2.45) is 0 Å². The first kappa shape index (κ1) is 9.63. The molecule has 0 saturated heterocycles. The molecule has 0 heterocycles. The lowest BCUT2D eigenvalue weighted by Gasteiger charge is -2.14. The van der Waals surface area contributed by atoms with Gasteiger partial charge in [0.05, 0.1) is 8.07 Å². The predicted molar refractivity (Wildman–Crippen MR) is 47.8 cm³/mol. The Morgan fingerprint density at radius 3 is 2.40 bits per heavy atom. The summed E-state index contributed by atoms with van der Waals surface area (Å²) in [7, 11) is -1.14. The van der Waals surface area contributed by atoms with Crippen molar-refractivity contribution in [3.8, 4) is 0 Å². The standard InChI is InChI=1S/C8H16OSi/c1-4-7-10(2,3)8-5-6-9/h4,6-7H,5,8H2,1-3H3/b7-4-. The van der Waals surface area contributed by atoms with E-state index in [-0.39, 0.29) is 0 Å². The fourth-order valence-corrected chi connectivity index (χ4v) is 2.90. The summed E-state index contributed by atoms with van der Waals surface area (Å²) in [4.78, 5) is 10.1. The highest BCUT2D eigenvalue weighted by atomic mass is 28.3. The van der Waals surface area contributed by atoms with E-state index in [1.807, 2.05) is 6.92 Å². The van der Waals surface area contributed by atoms with Crippen LogP contribution in [0.3, 0.4) is 0 Å². The number of aldehydes is 1. The first-order valence-electron chi connectivity index (χ1n) is 3.70. The highest BCUT2D eigenvalue weighted by molar-refractivity contribution is 6.82. The Hall–Kier alpha value is -0.373. The largest absolute Gasteiger partial charge is 0.303 e. The molecule has 0 aromatic carbocycles. The van der Waals surface area contributed by atoms with Gasteiger partial charge in [-0.2, -0.15) is 0 Å². The molecule has 0 aromatic heterocycles. The minimum atomic E-state index is -1.14. The van der Waals surface area contributed by atoms with Gasteiger partial charge in [-0.25, -0.2) is 0 Å². The lowest BCUT2D eigenvalue weighted by atomic mass is 10.6. The number of hydrogen-bond donors (Lipinski definition) is 0. The summed E-state index contributed by atoms with van der Waals surface area (Å²) in [5.74, 6) is 0. The molecule has 0 radical (unpaired) electrons. The lowest BCUT2D eigenvalue weighted by Crippen LogP contribution is -2.21. The second-order valence-electron chi connectivity index (χ2n) is 3.19. The van der Waals surface area contributed by atoms with E-state index >= 15 is 0 Å². The van der Waals surface area contributed by atoms with Crippen LogP contribution in [-0.2, 0) is 4.79 Å². The molecular formula is C8H16OSi. The Labute approximate surface area is 64.1 Å². The Bertz CT molecular complexity index is 127. The number of hydrogen-bond acceptors (Lipinski definition) is 1. The molecule has 10 heavy (non-hydrogen) atoms. The van der Waals surface area contributed by atoms with Crippen LogP contribution in [0.25, 0.3) is 0 Å². The number of carbonyl (C=O) groups is 1. The molecule has 0 bridgehead atoms. The molecule has 2 heteroatoms. The van der Waals surface area contributed by atoms with E-state index in [1.54, 1.807) is 0 Å². The maximum Gasteiger partial charge on any atom is 0.119 e. The summed E-state index contributed by atoms with van der Waals surface area (Å²) in [6.45, 7) is 6.59. The third-order valence-corrected chi connectivity index (χ3v) is 4.34. The van der Waals surface area contributed by atoms with Crippen molar-refractivity contribution in [3.63, 3.8) is 0 Å². The average Bonchev–Trinajstić information content (AvgIpc) is 1.84. The van der Waals surface area contributed by atoms with E-state index in [9.17, 15) is 4.79 Å². The van der Waals surface area contributed by atoms with Gasteiger partial charge < -0.3 is 4.79 Å². The van der Waals surface area contributed by atoms with Crippen LogP contribution in [0.4, 0.5) is 0 Å². The SMILES string of the molecule is C/C=C\[Si](C)(C)CCC=O. The van der Waals surface area contributed by atoms with Crippen LogP contribution in [0.1, 0.15) is 13.3 Å². The summed E-state index contributed by atoms with van der Waals surface area (Å²) < 4.78 is 0. The molecule has 0 spiro atoms. The van der Waals surface area contributed by atoms with Gasteiger partial charge in [-0.05, 0) is 13.0 Å². The van der Waals surface area contributed by atoms with E-state index in [1.165, 1.54) is 0 Å². The van der Waals surface area contributed by atoms with Gasteiger partial charge in [0, 0.05) is 6.42 Å². The van der Waals surface area contributed by atoms with Gasteiger partial charge >= 0.3 is 0 Å². The van der Waals surface area contributed by atoms with Gasteiger partial charge in [-0.3, -0.25) is 0 Å². The van der Waals surface area contributed by atoms with E-state index in [0.717, 1.165) is 18.8 Å². The molecule has 0 rings (SSSR count). The summed E-state index contributed by atoms with van der Waals surface area (Å²) in [5, 5.41) is 0. The van der Waals surface area contributed by atoms with Crippen LogP contribution in [0.5, 0.6) is 0 Å². The zero-order valence-corrected chi connectivity index (χ0v) is 8.05. The molecule has 0 aromatic rings. The van der Waals surface area contributed by atoms with Gasteiger partial charge in [0.1, 0.15) is 6.29 Å². The third-order valence-electron chi connectivity index (χ3n) is 1.52. The molecule has 1 nitrogen and oxygen atoms in total. The van der Waals surface area contributed by atoms with E-state index in [2.05, 4.69) is 24.9 Å². The van der Waals surface area contributed by atoms with Crippen molar-refractivity contribution in [1.82, 2.24) is 0 Å². The molecule has 0 atom stereocenters. The van der Waals surface area contributed by atoms with Crippen molar-refractivity contribution in [2.75, 3.05) is 0 Å². The van der Waals surface area contributed by atoms with Crippen molar-refractivity contribution in [2.45, 2.75) is 32.5 Å². The van der Waals surface area contributed by atoms with Crippen LogP contribution in [0, 0.1) is 0 Å². The minimum absolute atomic E-state index is 0.726. The normalized spacial score (nSPS) is 12.3. The third kappa shape index (κ3) is 4.50. The molecule has 0 amide bonds. The van der Waals surface area contributed by atoms with Gasteiger partial charge in [-0.15, -0.1) is 0 Å². The lowest BCUT2D eigenvalue weighted by molar-refractivity contribution is -0.107. The molecule has 0 aliphatic carbocycles. The Morgan fingerprint density at radius 1 is 1.40 bits per heavy atom. The molecule has 0 fully saturated rings. The highest BCUT2D eigenvalue weighted by Crippen LogP contribution is 2.11. The molecular weight excluding hydrogens is 140 g/mol. The van der Waals surface area contributed by atoms with E-state index in [4.69, 9.17) is 0 Å². The quantitative estimate of drug-likeness (QED) is 0.451. The Morgan fingerprint density at radius 2 is 2.00 bits per heavy atom. The fourth-order valence-electron chi connectivity index (χ4n) is 0.965. The molecule has 0 saturated carbocycles. The molecule has 0 aliphatic heterocycles. The Kier molecular flexibility index (Phi) is 4.28. The summed E-state index contributed by atoms with van der Waals surface area (Å²) in [5.41, 5.74) is 2.27.